The van der Waals surface area contributed by atoms with Crippen molar-refractivity contribution in [1.82, 2.24) is 9.62 Å². The van der Waals surface area contributed by atoms with E-state index in [4.69, 9.17) is 4.74 Å². The van der Waals surface area contributed by atoms with Crippen LogP contribution in [0.3, 0.4) is 0 Å². The number of ether oxygens (including phenoxy) is 1. The first-order chi connectivity index (χ1) is 13.0. The molecule has 6 nitrogen and oxygen atoms in total. The molecule has 150 valence electrons. The highest BCUT2D eigenvalue weighted by molar-refractivity contribution is 7.89. The molecule has 7 heteroatoms. The standard InChI is InChI=1S/C20H30N2O4S/c1-2-16-10-12-22(13-11-16)20(23)17-6-8-19(9-7-17)27(24,25)21-15-18-5-3-4-14-26-18/h6-9,16,18,21H,2-5,10-15H2,1H3. The Morgan fingerprint density at radius 1 is 1.15 bits per heavy atom. The van der Waals surface area contributed by atoms with Crippen molar-refractivity contribution in [2.24, 2.45) is 5.92 Å². The summed E-state index contributed by atoms with van der Waals surface area (Å²) < 4.78 is 33.1. The first-order valence-corrected chi connectivity index (χ1v) is 11.5. The Hall–Kier alpha value is -1.44. The Bertz CT molecular complexity index is 719. The molecule has 3 rings (SSSR count). The lowest BCUT2D eigenvalue weighted by Crippen LogP contribution is -2.38. The van der Waals surface area contributed by atoms with Gasteiger partial charge in [0.05, 0.1) is 11.0 Å². The van der Waals surface area contributed by atoms with E-state index >= 15 is 0 Å². The third-order valence-corrected chi connectivity index (χ3v) is 7.11. The van der Waals surface area contributed by atoms with Gasteiger partial charge in [-0.25, -0.2) is 13.1 Å². The lowest BCUT2D eigenvalue weighted by Gasteiger charge is -2.31. The van der Waals surface area contributed by atoms with E-state index < -0.39 is 10.0 Å². The van der Waals surface area contributed by atoms with Crippen molar-refractivity contribution >= 4 is 15.9 Å². The molecule has 0 spiro atoms. The van der Waals surface area contributed by atoms with E-state index in [1.807, 2.05) is 4.90 Å². The fourth-order valence-electron chi connectivity index (χ4n) is 3.76. The van der Waals surface area contributed by atoms with Crippen LogP contribution in [0, 0.1) is 5.92 Å². The molecule has 1 amide bonds. The zero-order valence-electron chi connectivity index (χ0n) is 16.0. The maximum absolute atomic E-state index is 12.6. The second-order valence-corrected chi connectivity index (χ2v) is 9.28. The molecule has 2 aliphatic heterocycles. The number of sulfonamides is 1. The van der Waals surface area contributed by atoms with Gasteiger partial charge in [0.2, 0.25) is 10.0 Å². The lowest BCUT2D eigenvalue weighted by molar-refractivity contribution is 0.0200. The van der Waals surface area contributed by atoms with Gasteiger partial charge < -0.3 is 9.64 Å². The monoisotopic (exact) mass is 394 g/mol. The molecule has 1 N–H and O–H groups in total. The molecular formula is C20H30N2O4S. The van der Waals surface area contributed by atoms with E-state index in [0.29, 0.717) is 18.1 Å². The second kappa shape index (κ2) is 9.17. The SMILES string of the molecule is CCC1CCN(C(=O)c2ccc(S(=O)(=O)NCC3CCCCO3)cc2)CC1. The molecule has 1 atom stereocenters. The van der Waals surface area contributed by atoms with Crippen molar-refractivity contribution < 1.29 is 17.9 Å². The van der Waals surface area contributed by atoms with Gasteiger partial charge in [0.25, 0.3) is 5.91 Å². The maximum Gasteiger partial charge on any atom is 0.253 e. The zero-order valence-corrected chi connectivity index (χ0v) is 16.8. The molecule has 1 aromatic carbocycles. The van der Waals surface area contributed by atoms with Crippen molar-refractivity contribution in [3.8, 4) is 0 Å². The molecule has 2 saturated heterocycles. The normalized spacial score (nSPS) is 22.0. The van der Waals surface area contributed by atoms with Gasteiger partial charge >= 0.3 is 0 Å². The van der Waals surface area contributed by atoms with Gasteiger partial charge in [-0.3, -0.25) is 4.79 Å². The molecule has 0 bridgehead atoms. The molecule has 2 heterocycles. The minimum atomic E-state index is -3.59. The summed E-state index contributed by atoms with van der Waals surface area (Å²) in [5.74, 6) is 0.692. The predicted octanol–water partition coefficient (Wildman–Crippen LogP) is 2.80. The van der Waals surface area contributed by atoms with Crippen molar-refractivity contribution in [3.63, 3.8) is 0 Å². The Morgan fingerprint density at radius 3 is 2.44 bits per heavy atom. The van der Waals surface area contributed by atoms with Crippen LogP contribution in [0.2, 0.25) is 0 Å². The summed E-state index contributed by atoms with van der Waals surface area (Å²) in [6.07, 6.45) is 6.18. The first kappa shape index (κ1) is 20.3. The fraction of sp³-hybridized carbons (Fsp3) is 0.650. The third-order valence-electron chi connectivity index (χ3n) is 5.67. The van der Waals surface area contributed by atoms with Gasteiger partial charge in [-0.2, -0.15) is 0 Å². The quantitative estimate of drug-likeness (QED) is 0.805. The van der Waals surface area contributed by atoms with Crippen LogP contribution in [0.4, 0.5) is 0 Å². The molecule has 2 fully saturated rings. The molecule has 0 saturated carbocycles. The number of nitrogens with one attached hydrogen (secondary N) is 1. The highest BCUT2D eigenvalue weighted by Gasteiger charge is 2.24. The van der Waals surface area contributed by atoms with Gasteiger partial charge in [-0.1, -0.05) is 13.3 Å². The van der Waals surface area contributed by atoms with Gasteiger partial charge in [0.15, 0.2) is 0 Å². The highest BCUT2D eigenvalue weighted by atomic mass is 32.2. The maximum atomic E-state index is 12.6. The summed E-state index contributed by atoms with van der Waals surface area (Å²) in [6, 6.07) is 6.24. The lowest BCUT2D eigenvalue weighted by atomic mass is 9.94. The summed E-state index contributed by atoms with van der Waals surface area (Å²) in [6.45, 7) is 4.73. The summed E-state index contributed by atoms with van der Waals surface area (Å²) in [7, 11) is -3.59. The van der Waals surface area contributed by atoms with Crippen molar-refractivity contribution in [1.29, 1.82) is 0 Å². The van der Waals surface area contributed by atoms with Gasteiger partial charge in [-0.15, -0.1) is 0 Å². The van der Waals surface area contributed by atoms with Crippen LogP contribution in [0.5, 0.6) is 0 Å². The number of benzene rings is 1. The molecule has 0 aliphatic carbocycles. The summed E-state index contributed by atoms with van der Waals surface area (Å²) >= 11 is 0. The molecule has 0 aromatic heterocycles. The third kappa shape index (κ3) is 5.30. The van der Waals surface area contributed by atoms with Crippen molar-refractivity contribution in [3.05, 3.63) is 29.8 Å². The van der Waals surface area contributed by atoms with E-state index in [9.17, 15) is 13.2 Å². The van der Waals surface area contributed by atoms with Gasteiger partial charge in [0.1, 0.15) is 0 Å². The van der Waals surface area contributed by atoms with Crippen molar-refractivity contribution in [2.75, 3.05) is 26.2 Å². The Kier molecular flexibility index (Phi) is 6.89. The molecule has 27 heavy (non-hydrogen) atoms. The second-order valence-electron chi connectivity index (χ2n) is 7.51. The van der Waals surface area contributed by atoms with Crippen molar-refractivity contribution in [2.45, 2.75) is 56.4 Å². The number of carbonyl (C=O) groups excluding carboxylic acids is 1. The Labute approximate surface area is 162 Å². The van der Waals surface area contributed by atoms with Crippen LogP contribution < -0.4 is 4.72 Å². The van der Waals surface area contributed by atoms with E-state index in [2.05, 4.69) is 11.6 Å². The first-order valence-electron chi connectivity index (χ1n) is 10.00. The fourth-order valence-corrected chi connectivity index (χ4v) is 4.82. The minimum Gasteiger partial charge on any atom is -0.377 e. The zero-order chi connectivity index (χ0) is 19.3. The minimum absolute atomic E-state index is 0.0166. The van der Waals surface area contributed by atoms with Crippen LogP contribution >= 0.6 is 0 Å². The van der Waals surface area contributed by atoms with E-state index in [-0.39, 0.29) is 23.5 Å². The summed E-state index contributed by atoms with van der Waals surface area (Å²) in [4.78, 5) is 14.7. The Balaban J connectivity index is 1.58. The average Bonchev–Trinajstić information content (AvgIpc) is 2.73. The molecular weight excluding hydrogens is 364 g/mol. The number of carbonyl (C=O) groups is 1. The van der Waals surface area contributed by atoms with E-state index in [1.165, 1.54) is 12.1 Å². The van der Waals surface area contributed by atoms with Gasteiger partial charge in [-0.05, 0) is 62.3 Å². The number of rotatable bonds is 6. The Morgan fingerprint density at radius 2 is 1.85 bits per heavy atom. The highest BCUT2D eigenvalue weighted by Crippen LogP contribution is 2.22. The van der Waals surface area contributed by atoms with E-state index in [1.54, 1.807) is 12.1 Å². The average molecular weight is 395 g/mol. The largest absolute Gasteiger partial charge is 0.377 e. The smallest absolute Gasteiger partial charge is 0.253 e. The summed E-state index contributed by atoms with van der Waals surface area (Å²) in [5, 5.41) is 0. The molecule has 2 aliphatic rings. The summed E-state index contributed by atoms with van der Waals surface area (Å²) in [5.41, 5.74) is 0.541. The topological polar surface area (TPSA) is 75.7 Å². The van der Waals surface area contributed by atoms with Crippen LogP contribution in [0.15, 0.2) is 29.2 Å². The van der Waals surface area contributed by atoms with Crippen LogP contribution in [0.1, 0.15) is 55.8 Å². The number of nitrogens with zero attached hydrogens (tertiary/aromatic N) is 1. The van der Waals surface area contributed by atoms with Crippen LogP contribution in [0.25, 0.3) is 0 Å². The number of amides is 1. The predicted molar refractivity (Wildman–Crippen MR) is 104 cm³/mol. The number of likely N-dealkylation sites (tertiary alicyclic amines) is 1. The number of hydrogen-bond donors (Lipinski definition) is 1. The number of hydrogen-bond acceptors (Lipinski definition) is 4. The molecule has 1 unspecified atom stereocenters. The molecule has 0 radical (unpaired) electrons. The van der Waals surface area contributed by atoms with Crippen LogP contribution in [-0.4, -0.2) is 51.6 Å². The van der Waals surface area contributed by atoms with Gasteiger partial charge in [0, 0.05) is 31.8 Å². The molecule has 1 aromatic rings. The van der Waals surface area contributed by atoms with Crippen LogP contribution in [-0.2, 0) is 14.8 Å². The van der Waals surface area contributed by atoms with E-state index in [0.717, 1.165) is 51.6 Å². The number of piperidine rings is 1.